The molecule has 0 aliphatic carbocycles. The molecule has 0 saturated carbocycles. The molecule has 1 N–H and O–H groups in total. The van der Waals surface area contributed by atoms with Crippen molar-refractivity contribution in [3.8, 4) is 34.1 Å². The lowest BCUT2D eigenvalue weighted by molar-refractivity contribution is 0.393. The lowest BCUT2D eigenvalue weighted by atomic mass is 9.87. The zero-order chi connectivity index (χ0) is 18.0. The fourth-order valence-electron chi connectivity index (χ4n) is 3.20. The van der Waals surface area contributed by atoms with E-state index in [9.17, 15) is 10.4 Å². The highest BCUT2D eigenvalue weighted by Crippen LogP contribution is 2.39. The Morgan fingerprint density at radius 1 is 1.12 bits per heavy atom. The zero-order valence-corrected chi connectivity index (χ0v) is 14.6. The highest BCUT2D eigenvalue weighted by atomic mass is 16.5. The van der Waals surface area contributed by atoms with E-state index < -0.39 is 0 Å². The number of hydrogen-bond donors (Lipinski definition) is 1. The van der Waals surface area contributed by atoms with E-state index in [1.165, 1.54) is 0 Å². The monoisotopic (exact) mass is 332 g/mol. The van der Waals surface area contributed by atoms with Gasteiger partial charge < -0.3 is 9.63 Å². The van der Waals surface area contributed by atoms with Crippen molar-refractivity contribution in [3.05, 3.63) is 59.0 Å². The number of nitriles is 1. The molecule has 0 aliphatic heterocycles. The number of rotatable bonds is 4. The minimum Gasteiger partial charge on any atom is -0.508 e. The summed E-state index contributed by atoms with van der Waals surface area (Å²) in [5.74, 6) is 0.908. The first-order valence-electron chi connectivity index (χ1n) is 8.34. The van der Waals surface area contributed by atoms with Gasteiger partial charge in [-0.1, -0.05) is 36.7 Å². The third kappa shape index (κ3) is 3.14. The van der Waals surface area contributed by atoms with Gasteiger partial charge in [-0.25, -0.2) is 0 Å². The Balaban J connectivity index is 2.35. The second-order valence-electron chi connectivity index (χ2n) is 6.17. The van der Waals surface area contributed by atoms with Crippen LogP contribution < -0.4 is 0 Å². The Morgan fingerprint density at radius 2 is 1.84 bits per heavy atom. The Morgan fingerprint density at radius 3 is 2.40 bits per heavy atom. The molecule has 0 bridgehead atoms. The molecule has 0 spiro atoms. The maximum atomic E-state index is 9.77. The van der Waals surface area contributed by atoms with Gasteiger partial charge in [0.1, 0.15) is 11.5 Å². The van der Waals surface area contributed by atoms with E-state index in [1.54, 1.807) is 12.1 Å². The SMILES string of the molecule is CCCc1cc(C#N)c(-c2c(C)noc2C)c(-c2ccc(O)cc2)c1. The van der Waals surface area contributed by atoms with E-state index in [0.29, 0.717) is 11.3 Å². The molecular weight excluding hydrogens is 312 g/mol. The Kier molecular flexibility index (Phi) is 4.58. The van der Waals surface area contributed by atoms with Gasteiger partial charge in [0.2, 0.25) is 0 Å². The van der Waals surface area contributed by atoms with Crippen LogP contribution in [-0.2, 0) is 6.42 Å². The number of nitrogens with zero attached hydrogens (tertiary/aromatic N) is 2. The van der Waals surface area contributed by atoms with Crippen LogP contribution in [0.25, 0.3) is 22.3 Å². The van der Waals surface area contributed by atoms with Crippen LogP contribution in [0.3, 0.4) is 0 Å². The average Bonchev–Trinajstić information content (AvgIpc) is 2.94. The molecule has 1 heterocycles. The summed E-state index contributed by atoms with van der Waals surface area (Å²) in [6, 6.07) is 13.5. The summed E-state index contributed by atoms with van der Waals surface area (Å²) < 4.78 is 5.34. The first-order chi connectivity index (χ1) is 12.0. The van der Waals surface area contributed by atoms with Crippen molar-refractivity contribution in [2.45, 2.75) is 33.6 Å². The number of aromatic hydroxyl groups is 1. The number of aromatic nitrogens is 1. The minimum atomic E-state index is 0.216. The highest BCUT2D eigenvalue weighted by Gasteiger charge is 2.21. The van der Waals surface area contributed by atoms with Gasteiger partial charge in [0.05, 0.1) is 17.3 Å². The number of aryl methyl sites for hydroxylation is 3. The van der Waals surface area contributed by atoms with E-state index >= 15 is 0 Å². The summed E-state index contributed by atoms with van der Waals surface area (Å²) >= 11 is 0. The van der Waals surface area contributed by atoms with Crippen LogP contribution in [0.15, 0.2) is 40.9 Å². The van der Waals surface area contributed by atoms with Gasteiger partial charge in [0, 0.05) is 11.1 Å². The first-order valence-corrected chi connectivity index (χ1v) is 8.34. The van der Waals surface area contributed by atoms with Gasteiger partial charge >= 0.3 is 0 Å². The lowest BCUT2D eigenvalue weighted by Crippen LogP contribution is -1.96. The molecule has 0 radical (unpaired) electrons. The quantitative estimate of drug-likeness (QED) is 0.717. The average molecular weight is 332 g/mol. The smallest absolute Gasteiger partial charge is 0.141 e. The van der Waals surface area contributed by atoms with Crippen LogP contribution in [-0.4, -0.2) is 10.3 Å². The summed E-state index contributed by atoms with van der Waals surface area (Å²) in [6.07, 6.45) is 1.91. The fraction of sp³-hybridized carbons (Fsp3) is 0.238. The van der Waals surface area contributed by atoms with Crippen molar-refractivity contribution >= 4 is 0 Å². The van der Waals surface area contributed by atoms with E-state index in [2.05, 4.69) is 24.2 Å². The molecule has 4 nitrogen and oxygen atoms in total. The van der Waals surface area contributed by atoms with Crippen molar-refractivity contribution in [2.75, 3.05) is 0 Å². The fourth-order valence-corrected chi connectivity index (χ4v) is 3.20. The third-order valence-corrected chi connectivity index (χ3v) is 4.32. The molecule has 0 fully saturated rings. The zero-order valence-electron chi connectivity index (χ0n) is 14.6. The second kappa shape index (κ2) is 6.82. The first kappa shape index (κ1) is 16.8. The maximum absolute atomic E-state index is 9.77. The van der Waals surface area contributed by atoms with Crippen molar-refractivity contribution in [1.82, 2.24) is 5.16 Å². The van der Waals surface area contributed by atoms with E-state index in [0.717, 1.165) is 46.4 Å². The van der Waals surface area contributed by atoms with Crippen LogP contribution in [0.5, 0.6) is 5.75 Å². The minimum absolute atomic E-state index is 0.216. The van der Waals surface area contributed by atoms with Crippen LogP contribution in [0.1, 0.15) is 35.9 Å². The van der Waals surface area contributed by atoms with Gasteiger partial charge in [-0.3, -0.25) is 0 Å². The number of phenolic OH excluding ortho intramolecular Hbond substituents is 1. The molecular formula is C21H20N2O2. The summed E-state index contributed by atoms with van der Waals surface area (Å²) in [4.78, 5) is 0. The molecule has 2 aromatic carbocycles. The standard InChI is InChI=1S/C21H20N2O2/c1-4-5-15-10-17(12-22)21(20-13(2)23-25-14(20)3)19(11-15)16-6-8-18(24)9-7-16/h6-11,24H,4-5H2,1-3H3. The predicted molar refractivity (Wildman–Crippen MR) is 97.2 cm³/mol. The van der Waals surface area contributed by atoms with E-state index in [1.807, 2.05) is 32.0 Å². The Bertz CT molecular complexity index is 928. The van der Waals surface area contributed by atoms with Gasteiger partial charge in [-0.05, 0) is 55.2 Å². The topological polar surface area (TPSA) is 70.0 Å². The van der Waals surface area contributed by atoms with E-state index in [-0.39, 0.29) is 5.75 Å². The summed E-state index contributed by atoms with van der Waals surface area (Å²) in [5.41, 5.74) is 6.10. The summed E-state index contributed by atoms with van der Waals surface area (Å²) in [6.45, 7) is 5.86. The molecule has 4 heteroatoms. The molecule has 0 atom stereocenters. The molecule has 3 rings (SSSR count). The molecule has 126 valence electrons. The molecule has 25 heavy (non-hydrogen) atoms. The van der Waals surface area contributed by atoms with Gasteiger partial charge in [-0.15, -0.1) is 0 Å². The van der Waals surface area contributed by atoms with Crippen LogP contribution in [0.4, 0.5) is 0 Å². The molecule has 0 saturated heterocycles. The van der Waals surface area contributed by atoms with Gasteiger partial charge in [0.25, 0.3) is 0 Å². The Labute approximate surface area is 147 Å². The Hall–Kier alpha value is -3.06. The predicted octanol–water partition coefficient (Wildman–Crippen LogP) is 5.16. The largest absolute Gasteiger partial charge is 0.508 e. The molecule has 0 aliphatic rings. The van der Waals surface area contributed by atoms with Crippen LogP contribution >= 0.6 is 0 Å². The number of benzene rings is 2. The molecule has 3 aromatic rings. The third-order valence-electron chi connectivity index (χ3n) is 4.32. The van der Waals surface area contributed by atoms with Crippen molar-refractivity contribution < 1.29 is 9.63 Å². The molecule has 1 aromatic heterocycles. The van der Waals surface area contributed by atoms with Gasteiger partial charge in [0.15, 0.2) is 0 Å². The maximum Gasteiger partial charge on any atom is 0.141 e. The molecule has 0 unspecified atom stereocenters. The van der Waals surface area contributed by atoms with Crippen molar-refractivity contribution in [3.63, 3.8) is 0 Å². The van der Waals surface area contributed by atoms with E-state index in [4.69, 9.17) is 4.52 Å². The number of phenols is 1. The van der Waals surface area contributed by atoms with Crippen LogP contribution in [0.2, 0.25) is 0 Å². The lowest BCUT2D eigenvalue weighted by Gasteiger charge is -2.14. The van der Waals surface area contributed by atoms with Crippen molar-refractivity contribution in [2.24, 2.45) is 0 Å². The molecule has 0 amide bonds. The number of hydrogen-bond acceptors (Lipinski definition) is 4. The summed E-state index contributed by atoms with van der Waals surface area (Å²) in [5, 5.41) is 23.4. The normalized spacial score (nSPS) is 10.6. The highest BCUT2D eigenvalue weighted by molar-refractivity contribution is 5.89. The van der Waals surface area contributed by atoms with Crippen LogP contribution in [0, 0.1) is 25.2 Å². The summed E-state index contributed by atoms with van der Waals surface area (Å²) in [7, 11) is 0. The second-order valence-corrected chi connectivity index (χ2v) is 6.17. The van der Waals surface area contributed by atoms with Gasteiger partial charge in [-0.2, -0.15) is 5.26 Å². The van der Waals surface area contributed by atoms with Crippen molar-refractivity contribution in [1.29, 1.82) is 5.26 Å².